The average Bonchev–Trinajstić information content (AvgIpc) is 2.66. The number of hydrogen-bond donors (Lipinski definition) is 1. The molecule has 5 heteroatoms. The normalized spacial score (nSPS) is 15.2. The molecule has 5 nitrogen and oxygen atoms in total. The number of aromatic nitrogens is 3. The van der Waals surface area contributed by atoms with Crippen molar-refractivity contribution in [1.82, 2.24) is 15.0 Å². The van der Waals surface area contributed by atoms with Gasteiger partial charge in [-0.25, -0.2) is 4.68 Å². The maximum Gasteiger partial charge on any atom is 0.0780 e. The number of rotatable bonds is 6. The van der Waals surface area contributed by atoms with E-state index in [1.54, 1.807) is 6.20 Å². The van der Waals surface area contributed by atoms with E-state index in [-0.39, 0.29) is 12.1 Å². The lowest BCUT2D eigenvalue weighted by atomic mass is 10.1. The van der Waals surface area contributed by atoms with E-state index < -0.39 is 0 Å². The largest absolute Gasteiger partial charge is 0.377 e. The highest BCUT2D eigenvalue weighted by atomic mass is 16.5. The summed E-state index contributed by atoms with van der Waals surface area (Å²) in [7, 11) is 0. The first kappa shape index (κ1) is 12.1. The molecule has 2 N–H and O–H groups in total. The van der Waals surface area contributed by atoms with Crippen LogP contribution in [0.2, 0.25) is 0 Å². The van der Waals surface area contributed by atoms with Gasteiger partial charge in [-0.3, -0.25) is 0 Å². The van der Waals surface area contributed by atoms with Gasteiger partial charge in [0.05, 0.1) is 24.0 Å². The first-order chi connectivity index (χ1) is 7.20. The molecular formula is C10H20N4O. The van der Waals surface area contributed by atoms with Crippen LogP contribution in [0, 0.1) is 0 Å². The Morgan fingerprint density at radius 3 is 2.87 bits per heavy atom. The van der Waals surface area contributed by atoms with Crippen molar-refractivity contribution in [2.75, 3.05) is 6.61 Å². The predicted molar refractivity (Wildman–Crippen MR) is 58.3 cm³/mol. The van der Waals surface area contributed by atoms with E-state index in [0.29, 0.717) is 6.61 Å². The van der Waals surface area contributed by atoms with Gasteiger partial charge in [-0.1, -0.05) is 12.1 Å². The van der Waals surface area contributed by atoms with Gasteiger partial charge in [-0.05, 0) is 20.3 Å². The van der Waals surface area contributed by atoms with Crippen LogP contribution in [0.3, 0.4) is 0 Å². The van der Waals surface area contributed by atoms with Gasteiger partial charge in [0, 0.05) is 13.2 Å². The summed E-state index contributed by atoms with van der Waals surface area (Å²) in [5, 5.41) is 7.88. The summed E-state index contributed by atoms with van der Waals surface area (Å²) in [6.07, 6.45) is 2.73. The SMILES string of the molecule is CCCn1nncc1C(N)C(C)OCC. The molecule has 0 radical (unpaired) electrons. The summed E-state index contributed by atoms with van der Waals surface area (Å²) in [5.74, 6) is 0. The Bertz CT molecular complexity index is 287. The minimum atomic E-state index is -0.161. The Morgan fingerprint density at radius 1 is 1.53 bits per heavy atom. The maximum atomic E-state index is 6.07. The standard InChI is InChI=1S/C10H20N4O/c1-4-6-14-9(7-12-13-14)10(11)8(3)15-5-2/h7-8,10H,4-6,11H2,1-3H3. The molecule has 0 saturated heterocycles. The molecule has 1 aromatic heterocycles. The number of ether oxygens (including phenoxy) is 1. The van der Waals surface area contributed by atoms with Crippen molar-refractivity contribution in [3.05, 3.63) is 11.9 Å². The molecule has 15 heavy (non-hydrogen) atoms. The molecule has 1 rings (SSSR count). The van der Waals surface area contributed by atoms with Crippen molar-refractivity contribution in [2.24, 2.45) is 5.73 Å². The fourth-order valence-corrected chi connectivity index (χ4v) is 1.52. The molecule has 86 valence electrons. The van der Waals surface area contributed by atoms with Crippen LogP contribution < -0.4 is 5.73 Å². The van der Waals surface area contributed by atoms with Crippen LogP contribution in [0.15, 0.2) is 6.20 Å². The molecule has 0 bridgehead atoms. The zero-order valence-corrected chi connectivity index (χ0v) is 9.68. The maximum absolute atomic E-state index is 6.07. The molecule has 1 heterocycles. The van der Waals surface area contributed by atoms with Gasteiger partial charge in [-0.15, -0.1) is 5.10 Å². The average molecular weight is 212 g/mol. The molecule has 2 unspecified atom stereocenters. The fraction of sp³-hybridized carbons (Fsp3) is 0.800. The van der Waals surface area contributed by atoms with Crippen molar-refractivity contribution in [3.63, 3.8) is 0 Å². The van der Waals surface area contributed by atoms with Crippen molar-refractivity contribution in [1.29, 1.82) is 0 Å². The number of hydrogen-bond acceptors (Lipinski definition) is 4. The van der Waals surface area contributed by atoms with E-state index in [2.05, 4.69) is 17.2 Å². The van der Waals surface area contributed by atoms with Crippen LogP contribution in [0.4, 0.5) is 0 Å². The lowest BCUT2D eigenvalue weighted by Gasteiger charge is -2.20. The molecule has 0 saturated carbocycles. The van der Waals surface area contributed by atoms with Crippen molar-refractivity contribution in [3.8, 4) is 0 Å². The van der Waals surface area contributed by atoms with Crippen LogP contribution in [0.1, 0.15) is 38.9 Å². The van der Waals surface area contributed by atoms with E-state index in [9.17, 15) is 0 Å². The smallest absolute Gasteiger partial charge is 0.0780 e. The second kappa shape index (κ2) is 5.82. The predicted octanol–water partition coefficient (Wildman–Crippen LogP) is 1.11. The van der Waals surface area contributed by atoms with E-state index in [1.807, 2.05) is 18.5 Å². The molecule has 2 atom stereocenters. The van der Waals surface area contributed by atoms with Crippen LogP contribution >= 0.6 is 0 Å². The van der Waals surface area contributed by atoms with Crippen molar-refractivity contribution < 1.29 is 4.74 Å². The second-order valence-electron chi connectivity index (χ2n) is 3.57. The Kier molecular flexibility index (Phi) is 4.71. The van der Waals surface area contributed by atoms with Crippen molar-refractivity contribution >= 4 is 0 Å². The molecular weight excluding hydrogens is 192 g/mol. The highest BCUT2D eigenvalue weighted by Gasteiger charge is 2.19. The molecule has 0 aliphatic rings. The number of aryl methyl sites for hydroxylation is 1. The van der Waals surface area contributed by atoms with Crippen LogP contribution in [0.25, 0.3) is 0 Å². The topological polar surface area (TPSA) is 66.0 Å². The minimum absolute atomic E-state index is 0.0101. The summed E-state index contributed by atoms with van der Waals surface area (Å²) >= 11 is 0. The van der Waals surface area contributed by atoms with Crippen molar-refractivity contribution in [2.45, 2.75) is 45.9 Å². The Morgan fingerprint density at radius 2 is 2.27 bits per heavy atom. The molecule has 0 amide bonds. The van der Waals surface area contributed by atoms with Gasteiger partial charge in [0.1, 0.15) is 0 Å². The summed E-state index contributed by atoms with van der Waals surface area (Å²) in [6.45, 7) is 7.55. The monoisotopic (exact) mass is 212 g/mol. The third kappa shape index (κ3) is 3.00. The molecule has 0 fully saturated rings. The molecule has 0 aliphatic carbocycles. The van der Waals surface area contributed by atoms with E-state index in [1.165, 1.54) is 0 Å². The summed E-state index contributed by atoms with van der Waals surface area (Å²) in [4.78, 5) is 0. The third-order valence-electron chi connectivity index (χ3n) is 2.36. The zero-order valence-electron chi connectivity index (χ0n) is 9.68. The third-order valence-corrected chi connectivity index (χ3v) is 2.36. The van der Waals surface area contributed by atoms with E-state index >= 15 is 0 Å². The van der Waals surface area contributed by atoms with Crippen LogP contribution in [-0.2, 0) is 11.3 Å². The van der Waals surface area contributed by atoms with E-state index in [0.717, 1.165) is 18.7 Å². The zero-order chi connectivity index (χ0) is 11.3. The molecule has 1 aromatic rings. The summed E-state index contributed by atoms with van der Waals surface area (Å²) in [6, 6.07) is -0.161. The quantitative estimate of drug-likeness (QED) is 0.767. The van der Waals surface area contributed by atoms with Gasteiger partial charge < -0.3 is 10.5 Å². The first-order valence-electron chi connectivity index (χ1n) is 5.46. The molecule has 0 aromatic carbocycles. The number of nitrogens with zero attached hydrogens (tertiary/aromatic N) is 3. The van der Waals surface area contributed by atoms with Crippen LogP contribution in [-0.4, -0.2) is 27.7 Å². The van der Waals surface area contributed by atoms with Gasteiger partial charge >= 0.3 is 0 Å². The van der Waals surface area contributed by atoms with Gasteiger partial charge in [0.15, 0.2) is 0 Å². The van der Waals surface area contributed by atoms with E-state index in [4.69, 9.17) is 10.5 Å². The summed E-state index contributed by atoms with van der Waals surface area (Å²) in [5.41, 5.74) is 7.02. The highest BCUT2D eigenvalue weighted by molar-refractivity contribution is 5.03. The Hall–Kier alpha value is -0.940. The lowest BCUT2D eigenvalue weighted by Crippen LogP contribution is -2.28. The lowest BCUT2D eigenvalue weighted by molar-refractivity contribution is 0.0553. The first-order valence-corrected chi connectivity index (χ1v) is 5.46. The molecule has 0 spiro atoms. The minimum Gasteiger partial charge on any atom is -0.377 e. The van der Waals surface area contributed by atoms with Gasteiger partial charge in [0.25, 0.3) is 0 Å². The van der Waals surface area contributed by atoms with Crippen LogP contribution in [0.5, 0.6) is 0 Å². The number of nitrogens with two attached hydrogens (primary N) is 1. The van der Waals surface area contributed by atoms with Gasteiger partial charge in [-0.2, -0.15) is 0 Å². The molecule has 0 aliphatic heterocycles. The fourth-order valence-electron chi connectivity index (χ4n) is 1.52. The Labute approximate surface area is 90.6 Å². The summed E-state index contributed by atoms with van der Waals surface area (Å²) < 4.78 is 7.31. The Balaban J connectivity index is 2.71. The highest BCUT2D eigenvalue weighted by Crippen LogP contribution is 2.15. The second-order valence-corrected chi connectivity index (χ2v) is 3.57. The van der Waals surface area contributed by atoms with Gasteiger partial charge in [0.2, 0.25) is 0 Å².